The van der Waals surface area contributed by atoms with Crippen LogP contribution in [0, 0.1) is 0 Å². The third kappa shape index (κ3) is 2.65. The standard InChI is InChI=1S/C9H8O4.H2O/c10-7(8(11)9(12)13)6-4-2-1-3-5-6;/h1-5,7,10H,(H,12,13);1H2. The summed E-state index contributed by atoms with van der Waals surface area (Å²) in [4.78, 5) is 21.0. The van der Waals surface area contributed by atoms with Crippen molar-refractivity contribution in [3.63, 3.8) is 0 Å². The molecule has 0 aromatic heterocycles. The maximum absolute atomic E-state index is 10.8. The fourth-order valence-electron chi connectivity index (χ4n) is 0.904. The second-order valence-corrected chi connectivity index (χ2v) is 2.48. The van der Waals surface area contributed by atoms with Crippen LogP contribution in [0.15, 0.2) is 30.3 Å². The molecule has 76 valence electrons. The number of hydrogen-bond acceptors (Lipinski definition) is 3. The highest BCUT2D eigenvalue weighted by Crippen LogP contribution is 2.12. The zero-order valence-corrected chi connectivity index (χ0v) is 7.18. The molecule has 4 N–H and O–H groups in total. The van der Waals surface area contributed by atoms with E-state index in [1.54, 1.807) is 18.2 Å². The van der Waals surface area contributed by atoms with Gasteiger partial charge >= 0.3 is 5.97 Å². The summed E-state index contributed by atoms with van der Waals surface area (Å²) in [6, 6.07) is 7.93. The molecule has 5 heteroatoms. The fraction of sp³-hybridized carbons (Fsp3) is 0.111. The van der Waals surface area contributed by atoms with Crippen molar-refractivity contribution in [3.05, 3.63) is 35.9 Å². The van der Waals surface area contributed by atoms with Crippen molar-refractivity contribution in [1.82, 2.24) is 0 Å². The van der Waals surface area contributed by atoms with Crippen molar-refractivity contribution in [2.75, 3.05) is 0 Å². The minimum atomic E-state index is -1.63. The van der Waals surface area contributed by atoms with Crippen molar-refractivity contribution < 1.29 is 25.3 Å². The molecule has 5 nitrogen and oxygen atoms in total. The first kappa shape index (κ1) is 12.3. The first-order valence-electron chi connectivity index (χ1n) is 3.63. The van der Waals surface area contributed by atoms with Crippen molar-refractivity contribution in [2.45, 2.75) is 6.10 Å². The van der Waals surface area contributed by atoms with Gasteiger partial charge in [-0.15, -0.1) is 0 Å². The summed E-state index contributed by atoms with van der Waals surface area (Å²) in [7, 11) is 0. The monoisotopic (exact) mass is 198 g/mol. The number of carboxylic acids is 1. The predicted octanol–water partition coefficient (Wildman–Crippen LogP) is -0.451. The van der Waals surface area contributed by atoms with Crippen LogP contribution in [-0.4, -0.2) is 27.4 Å². The van der Waals surface area contributed by atoms with Crippen molar-refractivity contribution in [3.8, 4) is 0 Å². The summed E-state index contributed by atoms with van der Waals surface area (Å²) in [6.07, 6.45) is -1.57. The van der Waals surface area contributed by atoms with Crippen LogP contribution in [-0.2, 0) is 9.59 Å². The average Bonchev–Trinajstić information content (AvgIpc) is 2.17. The maximum Gasteiger partial charge on any atom is 0.375 e. The summed E-state index contributed by atoms with van der Waals surface area (Å²) in [5.41, 5.74) is 0.287. The number of carbonyl (C=O) groups excluding carboxylic acids is 1. The molecule has 0 bridgehead atoms. The maximum atomic E-state index is 10.8. The number of benzene rings is 1. The van der Waals surface area contributed by atoms with Crippen LogP contribution in [0.2, 0.25) is 0 Å². The Morgan fingerprint density at radius 3 is 2.07 bits per heavy atom. The lowest BCUT2D eigenvalue weighted by Gasteiger charge is -2.05. The molecule has 0 fully saturated rings. The quantitative estimate of drug-likeness (QED) is 0.641. The van der Waals surface area contributed by atoms with E-state index in [2.05, 4.69) is 0 Å². The van der Waals surface area contributed by atoms with Crippen molar-refractivity contribution >= 4 is 11.8 Å². The van der Waals surface area contributed by atoms with Gasteiger partial charge in [-0.3, -0.25) is 4.79 Å². The van der Waals surface area contributed by atoms with E-state index in [9.17, 15) is 14.7 Å². The topological polar surface area (TPSA) is 106 Å². The number of aliphatic carboxylic acids is 1. The first-order valence-corrected chi connectivity index (χ1v) is 3.63. The molecule has 0 heterocycles. The SMILES string of the molecule is O.O=C(O)C(=O)C(O)c1ccccc1. The van der Waals surface area contributed by atoms with Gasteiger partial charge in [-0.25, -0.2) is 4.79 Å². The molecule has 1 aromatic carbocycles. The van der Waals surface area contributed by atoms with Gasteiger partial charge in [0.25, 0.3) is 5.78 Å². The number of aliphatic hydroxyl groups is 1. The Balaban J connectivity index is 0.00000169. The van der Waals surface area contributed by atoms with Crippen LogP contribution in [0.5, 0.6) is 0 Å². The van der Waals surface area contributed by atoms with Gasteiger partial charge in [0.2, 0.25) is 0 Å². The molecule has 1 rings (SSSR count). The van der Waals surface area contributed by atoms with Crippen LogP contribution >= 0.6 is 0 Å². The number of hydrogen-bond donors (Lipinski definition) is 2. The molecule has 0 saturated heterocycles. The number of rotatable bonds is 3. The molecule has 1 unspecified atom stereocenters. The molecule has 0 spiro atoms. The smallest absolute Gasteiger partial charge is 0.375 e. The Kier molecular flexibility index (Phi) is 4.48. The summed E-state index contributed by atoms with van der Waals surface area (Å²) in [5, 5.41) is 17.5. The fourth-order valence-corrected chi connectivity index (χ4v) is 0.904. The Labute approximate surface area is 79.9 Å². The van der Waals surface area contributed by atoms with E-state index in [-0.39, 0.29) is 11.0 Å². The summed E-state index contributed by atoms with van der Waals surface area (Å²) < 4.78 is 0. The Morgan fingerprint density at radius 1 is 1.14 bits per heavy atom. The summed E-state index contributed by atoms with van der Waals surface area (Å²) in [6.45, 7) is 0. The van der Waals surface area contributed by atoms with Gasteiger partial charge in [0.05, 0.1) is 0 Å². The molecule has 0 aliphatic heterocycles. The minimum Gasteiger partial charge on any atom is -0.475 e. The predicted molar refractivity (Wildman–Crippen MR) is 47.7 cm³/mol. The van der Waals surface area contributed by atoms with Gasteiger partial charge in [-0.1, -0.05) is 30.3 Å². The molecule has 0 aliphatic rings. The van der Waals surface area contributed by atoms with E-state index in [0.29, 0.717) is 0 Å². The van der Waals surface area contributed by atoms with Crippen LogP contribution in [0.25, 0.3) is 0 Å². The average molecular weight is 198 g/mol. The minimum absolute atomic E-state index is 0. The molecule has 0 radical (unpaired) electrons. The Hall–Kier alpha value is -1.72. The number of carbonyl (C=O) groups is 2. The number of ketones is 1. The number of carboxylic acid groups (broad SMARTS) is 1. The van der Waals surface area contributed by atoms with Crippen LogP contribution < -0.4 is 0 Å². The molecule has 0 amide bonds. The summed E-state index contributed by atoms with van der Waals surface area (Å²) >= 11 is 0. The van der Waals surface area contributed by atoms with E-state index in [4.69, 9.17) is 5.11 Å². The zero-order valence-electron chi connectivity index (χ0n) is 7.18. The summed E-state index contributed by atoms with van der Waals surface area (Å²) in [5.74, 6) is -2.84. The van der Waals surface area contributed by atoms with Crippen LogP contribution in [0.1, 0.15) is 11.7 Å². The number of aliphatic hydroxyl groups excluding tert-OH is 1. The molecule has 0 aliphatic carbocycles. The highest BCUT2D eigenvalue weighted by atomic mass is 16.4. The lowest BCUT2D eigenvalue weighted by molar-refractivity contribution is -0.153. The van der Waals surface area contributed by atoms with Gasteiger partial charge in [-0.2, -0.15) is 0 Å². The Bertz CT molecular complexity index is 319. The van der Waals surface area contributed by atoms with Gasteiger partial charge in [0.1, 0.15) is 6.10 Å². The zero-order chi connectivity index (χ0) is 9.84. The van der Waals surface area contributed by atoms with Crippen molar-refractivity contribution in [1.29, 1.82) is 0 Å². The van der Waals surface area contributed by atoms with Gasteiger partial charge in [0.15, 0.2) is 0 Å². The van der Waals surface area contributed by atoms with Gasteiger partial charge in [0, 0.05) is 0 Å². The van der Waals surface area contributed by atoms with Crippen LogP contribution in [0.3, 0.4) is 0 Å². The van der Waals surface area contributed by atoms with E-state index in [1.807, 2.05) is 0 Å². The van der Waals surface area contributed by atoms with E-state index in [1.165, 1.54) is 12.1 Å². The van der Waals surface area contributed by atoms with E-state index in [0.717, 1.165) is 0 Å². The van der Waals surface area contributed by atoms with E-state index >= 15 is 0 Å². The lowest BCUT2D eigenvalue weighted by Crippen LogP contribution is -2.21. The molecular weight excluding hydrogens is 188 g/mol. The molecule has 0 saturated carbocycles. The lowest BCUT2D eigenvalue weighted by atomic mass is 10.1. The van der Waals surface area contributed by atoms with E-state index < -0.39 is 17.9 Å². The molecular formula is C9H10O5. The molecule has 14 heavy (non-hydrogen) atoms. The van der Waals surface area contributed by atoms with Gasteiger partial charge < -0.3 is 15.7 Å². The first-order chi connectivity index (χ1) is 6.13. The third-order valence-corrected chi connectivity index (χ3v) is 1.57. The molecule has 1 aromatic rings. The van der Waals surface area contributed by atoms with Crippen molar-refractivity contribution in [2.24, 2.45) is 0 Å². The van der Waals surface area contributed by atoms with Gasteiger partial charge in [-0.05, 0) is 5.56 Å². The molecule has 1 atom stereocenters. The third-order valence-electron chi connectivity index (χ3n) is 1.57. The highest BCUT2D eigenvalue weighted by Gasteiger charge is 2.23. The second kappa shape index (κ2) is 5.11. The van der Waals surface area contributed by atoms with Crippen LogP contribution in [0.4, 0.5) is 0 Å². The largest absolute Gasteiger partial charge is 0.475 e. The Morgan fingerprint density at radius 2 is 1.64 bits per heavy atom. The normalized spacial score (nSPS) is 11.2. The highest BCUT2D eigenvalue weighted by molar-refractivity contribution is 6.34. The second-order valence-electron chi connectivity index (χ2n) is 2.48. The number of Topliss-reactive ketones (excluding diaryl/α,β-unsaturated/α-hetero) is 1.